The molecule has 0 saturated heterocycles. The summed E-state index contributed by atoms with van der Waals surface area (Å²) in [5.74, 6) is 13.7. The molecule has 1 unspecified atom stereocenters. The van der Waals surface area contributed by atoms with Crippen LogP contribution >= 0.6 is 22.6 Å². The summed E-state index contributed by atoms with van der Waals surface area (Å²) in [6.07, 6.45) is 1.11. The standard InChI is InChI=1S/C15H23IN6O2/c1-4-23-12-5-9(8(2)3)11(6-10(12)16)24-13-7-19-15(22-18)20-14(13)21-17/h5-8,15,20-22H,4,17-18H2,1-3H3. The van der Waals surface area contributed by atoms with Crippen LogP contribution in [0.25, 0.3) is 0 Å². The molecule has 0 aromatic heterocycles. The van der Waals surface area contributed by atoms with Gasteiger partial charge in [0.1, 0.15) is 11.5 Å². The summed E-state index contributed by atoms with van der Waals surface area (Å²) in [7, 11) is 0. The van der Waals surface area contributed by atoms with Gasteiger partial charge in [-0.05, 0) is 47.6 Å². The second-order valence-corrected chi connectivity index (χ2v) is 6.55. The smallest absolute Gasteiger partial charge is 0.187 e. The third-order valence-corrected chi connectivity index (χ3v) is 4.22. The molecule has 0 aliphatic carbocycles. The van der Waals surface area contributed by atoms with E-state index in [2.05, 4.69) is 57.6 Å². The van der Waals surface area contributed by atoms with Gasteiger partial charge < -0.3 is 20.2 Å². The molecule has 8 nitrogen and oxygen atoms in total. The van der Waals surface area contributed by atoms with Crippen molar-refractivity contribution < 1.29 is 9.47 Å². The highest BCUT2D eigenvalue weighted by Crippen LogP contribution is 2.35. The second kappa shape index (κ2) is 8.51. The number of hydrogen-bond acceptors (Lipinski definition) is 8. The maximum atomic E-state index is 6.05. The van der Waals surface area contributed by atoms with Gasteiger partial charge >= 0.3 is 0 Å². The van der Waals surface area contributed by atoms with Gasteiger partial charge in [-0.25, -0.2) is 16.3 Å². The Morgan fingerprint density at radius 1 is 1.33 bits per heavy atom. The number of hydrazine groups is 2. The molecule has 0 radical (unpaired) electrons. The summed E-state index contributed by atoms with van der Waals surface area (Å²) in [4.78, 5) is 4.19. The molecule has 0 bridgehead atoms. The molecular formula is C15H23IN6O2. The third kappa shape index (κ3) is 4.29. The molecule has 24 heavy (non-hydrogen) atoms. The summed E-state index contributed by atoms with van der Waals surface area (Å²) < 4.78 is 12.7. The molecule has 0 fully saturated rings. The number of hydrogen-bond donors (Lipinski definition) is 5. The van der Waals surface area contributed by atoms with Crippen LogP contribution in [0.5, 0.6) is 11.5 Å². The molecule has 1 aromatic carbocycles. The van der Waals surface area contributed by atoms with Crippen molar-refractivity contribution in [3.63, 3.8) is 0 Å². The van der Waals surface area contributed by atoms with E-state index in [1.54, 1.807) is 6.21 Å². The van der Waals surface area contributed by atoms with Crippen molar-refractivity contribution in [1.29, 1.82) is 0 Å². The molecule has 1 aromatic rings. The summed E-state index contributed by atoms with van der Waals surface area (Å²) in [6, 6.07) is 3.96. The molecule has 1 heterocycles. The maximum Gasteiger partial charge on any atom is 0.187 e. The van der Waals surface area contributed by atoms with Crippen molar-refractivity contribution >= 4 is 28.8 Å². The van der Waals surface area contributed by atoms with E-state index in [1.807, 2.05) is 19.1 Å². The number of aliphatic imine (C=N–C) groups is 1. The first-order chi connectivity index (χ1) is 11.5. The lowest BCUT2D eigenvalue weighted by molar-refractivity contribution is 0.335. The highest BCUT2D eigenvalue weighted by atomic mass is 127. The van der Waals surface area contributed by atoms with Crippen LogP contribution in [0.15, 0.2) is 28.7 Å². The molecule has 0 spiro atoms. The van der Waals surface area contributed by atoms with Gasteiger partial charge in [-0.15, -0.1) is 0 Å². The molecular weight excluding hydrogens is 423 g/mol. The zero-order valence-corrected chi connectivity index (χ0v) is 16.0. The Balaban J connectivity index is 2.36. The quantitative estimate of drug-likeness (QED) is 0.243. The molecule has 2 rings (SSSR count). The normalized spacial score (nSPS) is 17.0. The van der Waals surface area contributed by atoms with Gasteiger partial charge in [0.05, 0.1) is 16.4 Å². The van der Waals surface area contributed by atoms with Crippen LogP contribution in [-0.4, -0.2) is 19.1 Å². The highest BCUT2D eigenvalue weighted by molar-refractivity contribution is 14.1. The molecule has 1 aliphatic heterocycles. The van der Waals surface area contributed by atoms with Crippen LogP contribution in [0.4, 0.5) is 0 Å². The predicted octanol–water partition coefficient (Wildman–Crippen LogP) is 1.25. The van der Waals surface area contributed by atoms with Crippen molar-refractivity contribution in [1.82, 2.24) is 16.2 Å². The van der Waals surface area contributed by atoms with E-state index in [0.29, 0.717) is 18.2 Å². The van der Waals surface area contributed by atoms with Gasteiger partial charge in [0.2, 0.25) is 0 Å². The molecule has 132 valence electrons. The van der Waals surface area contributed by atoms with Crippen LogP contribution < -0.4 is 37.3 Å². The first kappa shape index (κ1) is 18.8. The van der Waals surface area contributed by atoms with Gasteiger partial charge in [-0.3, -0.25) is 5.84 Å². The van der Waals surface area contributed by atoms with E-state index in [4.69, 9.17) is 21.2 Å². The number of nitrogens with one attached hydrogen (secondary N) is 3. The van der Waals surface area contributed by atoms with Gasteiger partial charge in [0, 0.05) is 5.56 Å². The average Bonchev–Trinajstić information content (AvgIpc) is 2.57. The fourth-order valence-electron chi connectivity index (χ4n) is 2.20. The van der Waals surface area contributed by atoms with E-state index in [9.17, 15) is 0 Å². The van der Waals surface area contributed by atoms with Gasteiger partial charge in [0.25, 0.3) is 0 Å². The summed E-state index contributed by atoms with van der Waals surface area (Å²) >= 11 is 2.23. The SMILES string of the molecule is CCOc1cc(C(C)C)c(OC2=C(NN)NC(NN)N=C2)cc1I. The summed E-state index contributed by atoms with van der Waals surface area (Å²) in [6.45, 7) is 6.78. The number of halogens is 1. The fourth-order valence-corrected chi connectivity index (χ4v) is 2.80. The number of rotatable bonds is 7. The Hall–Kier alpha value is -1.56. The minimum absolute atomic E-state index is 0.262. The van der Waals surface area contributed by atoms with Crippen LogP contribution in [-0.2, 0) is 0 Å². The van der Waals surface area contributed by atoms with E-state index in [0.717, 1.165) is 20.6 Å². The number of benzene rings is 1. The summed E-state index contributed by atoms with van der Waals surface area (Å²) in [5.41, 5.74) is 6.10. The lowest BCUT2D eigenvalue weighted by Crippen LogP contribution is -2.50. The van der Waals surface area contributed by atoms with E-state index in [-0.39, 0.29) is 5.92 Å². The molecule has 7 N–H and O–H groups in total. The van der Waals surface area contributed by atoms with E-state index in [1.165, 1.54) is 0 Å². The Morgan fingerprint density at radius 3 is 2.67 bits per heavy atom. The van der Waals surface area contributed by atoms with Crippen molar-refractivity contribution in [2.24, 2.45) is 16.7 Å². The first-order valence-corrected chi connectivity index (χ1v) is 8.68. The predicted molar refractivity (Wildman–Crippen MR) is 102 cm³/mol. The van der Waals surface area contributed by atoms with Gasteiger partial charge in [0.15, 0.2) is 17.9 Å². The van der Waals surface area contributed by atoms with Crippen molar-refractivity contribution in [2.45, 2.75) is 33.0 Å². The average molecular weight is 446 g/mol. The molecule has 1 aliphatic rings. The number of nitrogens with zero attached hydrogens (tertiary/aromatic N) is 1. The van der Waals surface area contributed by atoms with Crippen LogP contribution in [0.1, 0.15) is 32.3 Å². The number of allylic oxidation sites excluding steroid dienone is 1. The van der Waals surface area contributed by atoms with Gasteiger partial charge in [-0.2, -0.15) is 0 Å². The zero-order valence-electron chi connectivity index (χ0n) is 13.9. The van der Waals surface area contributed by atoms with Crippen LogP contribution in [0.2, 0.25) is 0 Å². The third-order valence-electron chi connectivity index (χ3n) is 3.38. The monoisotopic (exact) mass is 446 g/mol. The summed E-state index contributed by atoms with van der Waals surface area (Å²) in [5, 5.41) is 2.98. The van der Waals surface area contributed by atoms with Crippen molar-refractivity contribution in [3.05, 3.63) is 32.8 Å². The molecule has 1 atom stereocenters. The Labute approximate surface area is 155 Å². The zero-order chi connectivity index (χ0) is 17.7. The fraction of sp³-hybridized carbons (Fsp3) is 0.400. The van der Waals surface area contributed by atoms with E-state index < -0.39 is 6.29 Å². The second-order valence-electron chi connectivity index (χ2n) is 5.39. The number of nitrogens with two attached hydrogens (primary N) is 2. The maximum absolute atomic E-state index is 6.05. The lowest BCUT2D eigenvalue weighted by Gasteiger charge is -2.24. The Kier molecular flexibility index (Phi) is 6.66. The highest BCUT2D eigenvalue weighted by Gasteiger charge is 2.19. The minimum atomic E-state index is -0.464. The minimum Gasteiger partial charge on any atom is -0.493 e. The van der Waals surface area contributed by atoms with Crippen LogP contribution in [0.3, 0.4) is 0 Å². The lowest BCUT2D eigenvalue weighted by atomic mass is 10.0. The number of ether oxygens (including phenoxy) is 2. The largest absolute Gasteiger partial charge is 0.493 e. The first-order valence-electron chi connectivity index (χ1n) is 7.60. The molecule has 0 saturated carbocycles. The van der Waals surface area contributed by atoms with Crippen molar-refractivity contribution in [2.75, 3.05) is 6.61 Å². The topological polar surface area (TPSA) is 119 Å². The van der Waals surface area contributed by atoms with Crippen molar-refractivity contribution in [3.8, 4) is 11.5 Å². The van der Waals surface area contributed by atoms with E-state index >= 15 is 0 Å². The molecule has 0 amide bonds. The Bertz CT molecular complexity index is 647. The van der Waals surface area contributed by atoms with Gasteiger partial charge in [-0.1, -0.05) is 13.8 Å². The van der Waals surface area contributed by atoms with Crippen LogP contribution in [0, 0.1) is 3.57 Å². The Morgan fingerprint density at radius 2 is 2.08 bits per heavy atom. The molecule has 9 heteroatoms.